The van der Waals surface area contributed by atoms with E-state index >= 15 is 0 Å². The first-order chi connectivity index (χ1) is 14.5. The highest BCUT2D eigenvalue weighted by molar-refractivity contribution is 6.31. The van der Waals surface area contributed by atoms with Gasteiger partial charge >= 0.3 is 0 Å². The van der Waals surface area contributed by atoms with Crippen LogP contribution in [0.4, 0.5) is 5.95 Å². The summed E-state index contributed by atoms with van der Waals surface area (Å²) in [6.07, 6.45) is 6.21. The molecule has 4 rings (SSSR count). The van der Waals surface area contributed by atoms with Crippen molar-refractivity contribution in [3.8, 4) is 6.07 Å². The third-order valence-electron chi connectivity index (χ3n) is 6.12. The summed E-state index contributed by atoms with van der Waals surface area (Å²) in [6.45, 7) is 5.06. The lowest BCUT2D eigenvalue weighted by Crippen LogP contribution is -2.35. The van der Waals surface area contributed by atoms with Crippen molar-refractivity contribution < 1.29 is 9.53 Å². The van der Waals surface area contributed by atoms with E-state index in [0.717, 1.165) is 51.1 Å². The van der Waals surface area contributed by atoms with Crippen molar-refractivity contribution in [3.63, 3.8) is 0 Å². The number of rotatable bonds is 4. The Hall–Kier alpha value is -2.69. The lowest BCUT2D eigenvalue weighted by molar-refractivity contribution is 0.0191. The highest BCUT2D eigenvalue weighted by atomic mass is 35.5. The first-order valence-corrected chi connectivity index (χ1v) is 10.5. The lowest BCUT2D eigenvalue weighted by Gasteiger charge is -2.33. The third kappa shape index (κ3) is 4.25. The maximum Gasteiger partial charge on any atom is 0.257 e. The summed E-state index contributed by atoms with van der Waals surface area (Å²) in [4.78, 5) is 23.4. The molecular formula is C22H24ClN5O2. The van der Waals surface area contributed by atoms with Gasteiger partial charge in [0.25, 0.3) is 5.91 Å². The molecule has 30 heavy (non-hydrogen) atoms. The molecule has 7 nitrogen and oxygen atoms in total. The summed E-state index contributed by atoms with van der Waals surface area (Å²) >= 11 is 6.28. The number of ether oxygens (including phenoxy) is 1. The average molecular weight is 426 g/mol. The molecule has 0 bridgehead atoms. The summed E-state index contributed by atoms with van der Waals surface area (Å²) in [5.74, 6) is 0.398. The van der Waals surface area contributed by atoms with Crippen molar-refractivity contribution in [2.24, 2.45) is 5.41 Å². The van der Waals surface area contributed by atoms with Crippen molar-refractivity contribution in [1.29, 1.82) is 5.26 Å². The molecule has 2 aromatic rings. The van der Waals surface area contributed by atoms with Gasteiger partial charge in [-0.2, -0.15) is 5.26 Å². The molecule has 1 spiro atoms. The Bertz CT molecular complexity index is 966. The largest absolute Gasteiger partial charge is 0.381 e. The Morgan fingerprint density at radius 1 is 1.30 bits per heavy atom. The second-order valence-electron chi connectivity index (χ2n) is 8.10. The quantitative estimate of drug-likeness (QED) is 0.800. The van der Waals surface area contributed by atoms with E-state index in [2.05, 4.69) is 21.4 Å². The van der Waals surface area contributed by atoms with E-state index < -0.39 is 0 Å². The van der Waals surface area contributed by atoms with E-state index in [4.69, 9.17) is 21.6 Å². The maximum absolute atomic E-state index is 12.9. The smallest absolute Gasteiger partial charge is 0.257 e. The van der Waals surface area contributed by atoms with Gasteiger partial charge in [-0.05, 0) is 49.3 Å². The van der Waals surface area contributed by atoms with Gasteiger partial charge in [0.15, 0.2) is 0 Å². The van der Waals surface area contributed by atoms with E-state index in [0.29, 0.717) is 22.1 Å². The number of nitrogens with zero attached hydrogens (tertiary/aromatic N) is 4. The number of hydrogen-bond donors (Lipinski definition) is 1. The van der Waals surface area contributed by atoms with Crippen LogP contribution in [0, 0.1) is 16.7 Å². The fraction of sp³-hybridized carbons (Fsp3) is 0.455. The van der Waals surface area contributed by atoms with Gasteiger partial charge < -0.3 is 15.0 Å². The van der Waals surface area contributed by atoms with Gasteiger partial charge in [-0.3, -0.25) is 4.79 Å². The molecule has 8 heteroatoms. The number of nitrogens with one attached hydrogen (secondary N) is 1. The second-order valence-corrected chi connectivity index (χ2v) is 8.51. The Balaban J connectivity index is 1.39. The minimum absolute atomic E-state index is 0.0203. The number of halogens is 1. The Labute approximate surface area is 181 Å². The van der Waals surface area contributed by atoms with Crippen LogP contribution in [0.25, 0.3) is 0 Å². The van der Waals surface area contributed by atoms with Crippen molar-refractivity contribution in [3.05, 3.63) is 52.3 Å². The average Bonchev–Trinajstić information content (AvgIpc) is 3.17. The summed E-state index contributed by atoms with van der Waals surface area (Å²) < 4.78 is 5.48. The number of benzene rings is 1. The van der Waals surface area contributed by atoms with Crippen LogP contribution in [0.2, 0.25) is 5.02 Å². The fourth-order valence-corrected chi connectivity index (χ4v) is 4.58. The molecule has 156 valence electrons. The lowest BCUT2D eigenvalue weighted by atomic mass is 9.80. The van der Waals surface area contributed by atoms with Crippen LogP contribution in [0.5, 0.6) is 0 Å². The molecule has 1 atom stereocenters. The molecule has 2 aliphatic rings. The van der Waals surface area contributed by atoms with Gasteiger partial charge in [0.05, 0.1) is 23.2 Å². The summed E-state index contributed by atoms with van der Waals surface area (Å²) in [6, 6.07) is 7.10. The van der Waals surface area contributed by atoms with E-state index in [1.54, 1.807) is 24.5 Å². The highest BCUT2D eigenvalue weighted by Crippen LogP contribution is 2.40. The normalized spacial score (nSPS) is 18.8. The molecule has 1 aromatic carbocycles. The second kappa shape index (κ2) is 8.58. The Morgan fingerprint density at radius 2 is 2.03 bits per heavy atom. The van der Waals surface area contributed by atoms with Crippen LogP contribution in [0.3, 0.4) is 0 Å². The number of aromatic nitrogens is 2. The highest BCUT2D eigenvalue weighted by Gasteiger charge is 2.41. The van der Waals surface area contributed by atoms with Crippen LogP contribution in [0.1, 0.15) is 53.7 Å². The predicted octanol–water partition coefficient (Wildman–Crippen LogP) is 3.82. The van der Waals surface area contributed by atoms with Crippen LogP contribution < -0.4 is 5.32 Å². The minimum atomic E-state index is -0.154. The van der Waals surface area contributed by atoms with Crippen molar-refractivity contribution in [1.82, 2.24) is 14.9 Å². The Kier molecular flexibility index (Phi) is 5.89. The van der Waals surface area contributed by atoms with Gasteiger partial charge in [0, 0.05) is 43.7 Å². The van der Waals surface area contributed by atoms with Gasteiger partial charge in [0.1, 0.15) is 0 Å². The van der Waals surface area contributed by atoms with Gasteiger partial charge in [-0.15, -0.1) is 0 Å². The number of hydrogen-bond acceptors (Lipinski definition) is 6. The molecule has 2 fully saturated rings. The van der Waals surface area contributed by atoms with Crippen molar-refractivity contribution in [2.45, 2.75) is 32.2 Å². The topological polar surface area (TPSA) is 91.1 Å². The standard InChI is InChI=1S/C22H24ClN5O2/c1-15(18-3-2-16(11-24)10-19(18)23)27-21-25-12-17(13-26-21)20(29)28-7-4-22(14-28)5-8-30-9-6-22/h2-3,10,12-13,15H,4-9,14H2,1H3,(H,25,26,27). The van der Waals surface area contributed by atoms with Crippen LogP contribution in [0.15, 0.2) is 30.6 Å². The molecular weight excluding hydrogens is 402 g/mol. The molecule has 3 heterocycles. The van der Waals surface area contributed by atoms with E-state index in [1.807, 2.05) is 17.9 Å². The molecule has 2 saturated heterocycles. The van der Waals surface area contributed by atoms with Gasteiger partial charge in [0.2, 0.25) is 5.95 Å². The zero-order chi connectivity index (χ0) is 21.1. The van der Waals surface area contributed by atoms with E-state index in [1.165, 1.54) is 0 Å². The number of anilines is 1. The zero-order valence-electron chi connectivity index (χ0n) is 16.9. The van der Waals surface area contributed by atoms with Crippen LogP contribution >= 0.6 is 11.6 Å². The van der Waals surface area contributed by atoms with E-state index in [-0.39, 0.29) is 17.4 Å². The van der Waals surface area contributed by atoms with E-state index in [9.17, 15) is 4.79 Å². The number of likely N-dealkylation sites (tertiary alicyclic amines) is 1. The fourth-order valence-electron chi connectivity index (χ4n) is 4.24. The molecule has 0 aliphatic carbocycles. The SMILES string of the molecule is CC(Nc1ncc(C(=O)N2CCC3(CCOCC3)C2)cn1)c1ccc(C#N)cc1Cl. The maximum atomic E-state index is 12.9. The third-order valence-corrected chi connectivity index (χ3v) is 6.45. The molecule has 0 radical (unpaired) electrons. The van der Waals surface area contributed by atoms with Gasteiger partial charge in [-0.25, -0.2) is 9.97 Å². The van der Waals surface area contributed by atoms with Crippen molar-refractivity contribution in [2.75, 3.05) is 31.6 Å². The summed E-state index contributed by atoms with van der Waals surface area (Å²) in [7, 11) is 0. The first kappa shape index (κ1) is 20.6. The minimum Gasteiger partial charge on any atom is -0.381 e. The molecule has 0 saturated carbocycles. The number of carbonyl (C=O) groups is 1. The molecule has 1 aromatic heterocycles. The number of amides is 1. The monoisotopic (exact) mass is 425 g/mol. The summed E-state index contributed by atoms with van der Waals surface area (Å²) in [5.41, 5.74) is 2.07. The van der Waals surface area contributed by atoms with Gasteiger partial charge in [-0.1, -0.05) is 17.7 Å². The molecule has 1 unspecified atom stereocenters. The van der Waals surface area contributed by atoms with Crippen molar-refractivity contribution >= 4 is 23.5 Å². The van der Waals surface area contributed by atoms with Crippen LogP contribution in [-0.2, 0) is 4.74 Å². The molecule has 2 aliphatic heterocycles. The molecule has 1 N–H and O–H groups in total. The number of nitriles is 1. The van der Waals surface area contributed by atoms with Crippen LogP contribution in [-0.4, -0.2) is 47.1 Å². The Morgan fingerprint density at radius 3 is 2.70 bits per heavy atom. The predicted molar refractivity (Wildman–Crippen MR) is 113 cm³/mol. The summed E-state index contributed by atoms with van der Waals surface area (Å²) in [5, 5.41) is 12.7. The number of carbonyl (C=O) groups excluding carboxylic acids is 1. The zero-order valence-corrected chi connectivity index (χ0v) is 17.7. The molecule has 1 amide bonds. The first-order valence-electron chi connectivity index (χ1n) is 10.1.